The van der Waals surface area contributed by atoms with Gasteiger partial charge >= 0.3 is 6.18 Å². The summed E-state index contributed by atoms with van der Waals surface area (Å²) in [6.07, 6.45) is -1.59. The van der Waals surface area contributed by atoms with Crippen molar-refractivity contribution >= 4 is 17.2 Å². The van der Waals surface area contributed by atoms with Crippen LogP contribution in [-0.4, -0.2) is 30.3 Å². The van der Waals surface area contributed by atoms with Crippen LogP contribution in [-0.2, 0) is 12.7 Å². The molecule has 0 fully saturated rings. The van der Waals surface area contributed by atoms with Crippen LogP contribution < -0.4 is 5.32 Å². The lowest BCUT2D eigenvalue weighted by Crippen LogP contribution is -2.15. The standard InChI is InChI=1S/C28H25F3N6O/c1-17(2)20-8-10-21(11-9-20)23-12-25(28(29,30)31)37-26(34-23)13-24(35-37)27(38)33-22-14-32-36(16-22)15-19-6-4-18(3)5-7-19/h4-14,16-17H,15H2,1-3H3,(H,33,38). The molecule has 0 aliphatic rings. The summed E-state index contributed by atoms with van der Waals surface area (Å²) in [5.41, 5.74) is 3.04. The van der Waals surface area contributed by atoms with Crippen LogP contribution in [0.25, 0.3) is 16.9 Å². The fraction of sp³-hybridized carbons (Fsp3) is 0.214. The molecular formula is C28H25F3N6O. The Bertz CT molecular complexity index is 1600. The predicted octanol–water partition coefficient (Wildman–Crippen LogP) is 6.34. The first kappa shape index (κ1) is 25.2. The van der Waals surface area contributed by atoms with E-state index in [-0.39, 0.29) is 23.0 Å². The molecule has 0 aliphatic heterocycles. The highest BCUT2D eigenvalue weighted by molar-refractivity contribution is 6.03. The molecular weight excluding hydrogens is 493 g/mol. The average molecular weight is 519 g/mol. The lowest BCUT2D eigenvalue weighted by atomic mass is 10.0. The van der Waals surface area contributed by atoms with Crippen LogP contribution >= 0.6 is 0 Å². The van der Waals surface area contributed by atoms with E-state index in [1.807, 2.05) is 57.2 Å². The number of amides is 1. The summed E-state index contributed by atoms with van der Waals surface area (Å²) >= 11 is 0. The summed E-state index contributed by atoms with van der Waals surface area (Å²) in [5.74, 6) is -0.378. The number of nitrogens with zero attached hydrogens (tertiary/aromatic N) is 5. The van der Waals surface area contributed by atoms with Gasteiger partial charge < -0.3 is 5.32 Å². The number of nitrogens with one attached hydrogen (secondary N) is 1. The number of carbonyl (C=O) groups is 1. The Kier molecular flexibility index (Phi) is 6.48. The Morgan fingerprint density at radius 1 is 1.03 bits per heavy atom. The minimum absolute atomic E-state index is 0.0806. The van der Waals surface area contributed by atoms with Crippen LogP contribution in [0.3, 0.4) is 0 Å². The van der Waals surface area contributed by atoms with E-state index in [0.29, 0.717) is 22.3 Å². The Labute approximate surface area is 216 Å². The van der Waals surface area contributed by atoms with Crippen molar-refractivity contribution in [2.75, 3.05) is 5.32 Å². The summed E-state index contributed by atoms with van der Waals surface area (Å²) in [6, 6.07) is 17.4. The molecule has 0 aliphatic carbocycles. The molecule has 0 unspecified atom stereocenters. The number of halogens is 3. The van der Waals surface area contributed by atoms with Crippen LogP contribution in [0.1, 0.15) is 52.6 Å². The highest BCUT2D eigenvalue weighted by Crippen LogP contribution is 2.32. The van der Waals surface area contributed by atoms with E-state index in [0.717, 1.165) is 22.8 Å². The molecule has 0 radical (unpaired) electrons. The smallest absolute Gasteiger partial charge is 0.318 e. The number of hydrogen-bond donors (Lipinski definition) is 1. The second kappa shape index (κ2) is 9.77. The number of anilines is 1. The van der Waals surface area contributed by atoms with E-state index in [2.05, 4.69) is 20.5 Å². The molecule has 2 aromatic carbocycles. The first-order valence-electron chi connectivity index (χ1n) is 12.0. The second-order valence-electron chi connectivity index (χ2n) is 9.47. The number of aryl methyl sites for hydroxylation is 1. The van der Waals surface area contributed by atoms with Crippen LogP contribution in [0.4, 0.5) is 18.9 Å². The SMILES string of the molecule is Cc1ccc(Cn2cc(NC(=O)c3cc4nc(-c5ccc(C(C)C)cc5)cc(C(F)(F)F)n4n3)cn2)cc1. The van der Waals surface area contributed by atoms with Crippen molar-refractivity contribution in [3.63, 3.8) is 0 Å². The maximum Gasteiger partial charge on any atom is 0.433 e. The zero-order valence-corrected chi connectivity index (χ0v) is 21.0. The first-order chi connectivity index (χ1) is 18.1. The van der Waals surface area contributed by atoms with Gasteiger partial charge in [0.1, 0.15) is 0 Å². The van der Waals surface area contributed by atoms with E-state index in [1.165, 1.54) is 12.3 Å². The highest BCUT2D eigenvalue weighted by Gasteiger charge is 2.35. The first-order valence-corrected chi connectivity index (χ1v) is 12.0. The molecule has 1 N–H and O–H groups in total. The summed E-state index contributed by atoms with van der Waals surface area (Å²) < 4.78 is 44.1. The van der Waals surface area contributed by atoms with Crippen molar-refractivity contribution in [1.29, 1.82) is 0 Å². The maximum atomic E-state index is 13.9. The van der Waals surface area contributed by atoms with Crippen LogP contribution in [0.5, 0.6) is 0 Å². The van der Waals surface area contributed by atoms with Gasteiger partial charge in [0.25, 0.3) is 5.91 Å². The van der Waals surface area contributed by atoms with Crippen molar-refractivity contribution < 1.29 is 18.0 Å². The van der Waals surface area contributed by atoms with E-state index in [9.17, 15) is 18.0 Å². The molecule has 0 atom stereocenters. The van der Waals surface area contributed by atoms with Crippen LogP contribution in [0.2, 0.25) is 0 Å². The minimum atomic E-state index is -4.70. The Balaban J connectivity index is 1.41. The van der Waals surface area contributed by atoms with Gasteiger partial charge in [-0.25, -0.2) is 9.50 Å². The zero-order chi connectivity index (χ0) is 27.0. The van der Waals surface area contributed by atoms with Crippen LogP contribution in [0, 0.1) is 6.92 Å². The van der Waals surface area contributed by atoms with E-state index < -0.39 is 17.8 Å². The van der Waals surface area contributed by atoms with Gasteiger partial charge in [0.15, 0.2) is 17.0 Å². The number of benzene rings is 2. The molecule has 38 heavy (non-hydrogen) atoms. The van der Waals surface area contributed by atoms with Gasteiger partial charge in [-0.05, 0) is 30.0 Å². The van der Waals surface area contributed by atoms with Crippen LogP contribution in [0.15, 0.2) is 73.1 Å². The minimum Gasteiger partial charge on any atom is -0.318 e. The zero-order valence-electron chi connectivity index (χ0n) is 21.0. The van der Waals surface area contributed by atoms with Crippen molar-refractivity contribution in [3.8, 4) is 11.3 Å². The normalized spacial score (nSPS) is 11.9. The highest BCUT2D eigenvalue weighted by atomic mass is 19.4. The summed E-state index contributed by atoms with van der Waals surface area (Å²) in [6.45, 7) is 6.58. The topological polar surface area (TPSA) is 77.1 Å². The number of aromatic nitrogens is 5. The van der Waals surface area contributed by atoms with E-state index >= 15 is 0 Å². The van der Waals surface area contributed by atoms with Crippen molar-refractivity contribution in [1.82, 2.24) is 24.4 Å². The summed E-state index contributed by atoms with van der Waals surface area (Å²) in [5, 5.41) is 10.8. The third kappa shape index (κ3) is 5.29. The molecule has 10 heteroatoms. The molecule has 3 heterocycles. The molecule has 5 aromatic rings. The second-order valence-corrected chi connectivity index (χ2v) is 9.47. The Morgan fingerprint density at radius 3 is 2.39 bits per heavy atom. The third-order valence-corrected chi connectivity index (χ3v) is 6.18. The lowest BCUT2D eigenvalue weighted by molar-refractivity contribution is -0.142. The molecule has 1 amide bonds. The molecule has 5 rings (SSSR count). The molecule has 0 saturated heterocycles. The number of fused-ring (bicyclic) bond motifs is 1. The molecule has 0 bridgehead atoms. The number of alkyl halides is 3. The fourth-order valence-electron chi connectivity index (χ4n) is 4.06. The monoisotopic (exact) mass is 518 g/mol. The van der Waals surface area contributed by atoms with E-state index in [4.69, 9.17) is 0 Å². The Morgan fingerprint density at radius 2 is 1.74 bits per heavy atom. The van der Waals surface area contributed by atoms with Gasteiger partial charge in [-0.1, -0.05) is 67.9 Å². The van der Waals surface area contributed by atoms with Crippen molar-refractivity contribution in [2.45, 2.75) is 39.4 Å². The number of rotatable bonds is 6. The fourth-order valence-corrected chi connectivity index (χ4v) is 4.06. The third-order valence-electron chi connectivity index (χ3n) is 6.18. The molecule has 7 nitrogen and oxygen atoms in total. The average Bonchev–Trinajstić information content (AvgIpc) is 3.51. The summed E-state index contributed by atoms with van der Waals surface area (Å²) in [4.78, 5) is 17.2. The van der Waals surface area contributed by atoms with E-state index in [1.54, 1.807) is 23.0 Å². The Hall–Kier alpha value is -4.47. The van der Waals surface area contributed by atoms with Gasteiger partial charge in [0.05, 0.1) is 24.1 Å². The summed E-state index contributed by atoms with van der Waals surface area (Å²) in [7, 11) is 0. The predicted molar refractivity (Wildman–Crippen MR) is 138 cm³/mol. The van der Waals surface area contributed by atoms with Gasteiger partial charge in [0, 0.05) is 17.8 Å². The largest absolute Gasteiger partial charge is 0.433 e. The quantitative estimate of drug-likeness (QED) is 0.284. The van der Waals surface area contributed by atoms with Crippen molar-refractivity contribution in [2.24, 2.45) is 0 Å². The molecule has 0 saturated carbocycles. The molecule has 3 aromatic heterocycles. The van der Waals surface area contributed by atoms with Gasteiger partial charge in [-0.15, -0.1) is 0 Å². The number of carbonyl (C=O) groups excluding carboxylic acids is 1. The lowest BCUT2D eigenvalue weighted by Gasteiger charge is -2.11. The molecule has 0 spiro atoms. The van der Waals surface area contributed by atoms with Gasteiger partial charge in [0.2, 0.25) is 0 Å². The number of hydrogen-bond acceptors (Lipinski definition) is 4. The maximum absolute atomic E-state index is 13.9. The van der Waals surface area contributed by atoms with Crippen molar-refractivity contribution in [3.05, 3.63) is 101 Å². The van der Waals surface area contributed by atoms with Gasteiger partial charge in [-0.2, -0.15) is 23.4 Å². The van der Waals surface area contributed by atoms with Gasteiger partial charge in [-0.3, -0.25) is 9.48 Å². The molecule has 194 valence electrons.